The van der Waals surface area contributed by atoms with E-state index in [0.717, 1.165) is 13.2 Å². The summed E-state index contributed by atoms with van der Waals surface area (Å²) < 4.78 is 4.83. The Kier molecular flexibility index (Phi) is 72.0. The molecular formula is C4H18B2MgO. The van der Waals surface area contributed by atoms with Crippen LogP contribution in [-0.2, 0) is 4.74 Å². The van der Waals surface area contributed by atoms with Gasteiger partial charge in [0.15, 0.2) is 0 Å². The third kappa shape index (κ3) is 28.8. The van der Waals surface area contributed by atoms with Gasteiger partial charge in [0.2, 0.25) is 0 Å². The molecule has 8 heavy (non-hydrogen) atoms. The van der Waals surface area contributed by atoms with Gasteiger partial charge in [-0.1, -0.05) is 16.8 Å². The Bertz CT molecular complexity index is 21.5. The number of ether oxygens (including phenoxy) is 1. The van der Waals surface area contributed by atoms with Crippen molar-refractivity contribution in [2.75, 3.05) is 13.2 Å². The van der Waals surface area contributed by atoms with Crippen LogP contribution in [0.2, 0.25) is 0 Å². The van der Waals surface area contributed by atoms with Crippen LogP contribution in [0.15, 0.2) is 0 Å². The van der Waals surface area contributed by atoms with Crippen molar-refractivity contribution in [2.24, 2.45) is 0 Å². The third-order valence-electron chi connectivity index (χ3n) is 0.408. The van der Waals surface area contributed by atoms with Crippen molar-refractivity contribution in [3.63, 3.8) is 0 Å². The summed E-state index contributed by atoms with van der Waals surface area (Å²) in [5.74, 6) is 0. The zero-order valence-corrected chi connectivity index (χ0v) is 5.94. The van der Waals surface area contributed by atoms with E-state index < -0.39 is 0 Å². The van der Waals surface area contributed by atoms with Crippen molar-refractivity contribution in [1.29, 1.82) is 0 Å². The van der Waals surface area contributed by atoms with Crippen LogP contribution in [0.5, 0.6) is 0 Å². The number of hydrogen-bond donors (Lipinski definition) is 0. The first-order valence-corrected chi connectivity index (χ1v) is 1.99. The Morgan fingerprint density at radius 2 is 1.25 bits per heavy atom. The molecule has 4 heteroatoms. The summed E-state index contributed by atoms with van der Waals surface area (Å²) in [6.07, 6.45) is 0. The van der Waals surface area contributed by atoms with Crippen molar-refractivity contribution in [3.8, 4) is 0 Å². The molecule has 0 N–H and O–H groups in total. The maximum absolute atomic E-state index is 4.83. The maximum atomic E-state index is 4.83. The predicted molar refractivity (Wildman–Crippen MR) is 50.6 cm³/mol. The first-order chi connectivity index (χ1) is 2.41. The average Bonchev–Trinajstić information content (AvgIpc) is 1.41. The van der Waals surface area contributed by atoms with Gasteiger partial charge in [-0.05, 0) is 13.8 Å². The molecule has 0 aliphatic carbocycles. The van der Waals surface area contributed by atoms with Gasteiger partial charge in [0, 0.05) is 13.2 Å². The van der Waals surface area contributed by atoms with Gasteiger partial charge >= 0.3 is 23.1 Å². The predicted octanol–water partition coefficient (Wildman–Crippen LogP) is -2.24. The molecule has 48 valence electrons. The molecule has 0 amide bonds. The van der Waals surface area contributed by atoms with Crippen LogP contribution in [-0.4, -0.2) is 53.1 Å². The quantitative estimate of drug-likeness (QED) is 0.382. The van der Waals surface area contributed by atoms with Gasteiger partial charge in [0.05, 0.1) is 0 Å². The van der Waals surface area contributed by atoms with Crippen molar-refractivity contribution < 1.29 is 4.74 Å². The minimum absolute atomic E-state index is 0. The average molecular weight is 128 g/mol. The zero-order chi connectivity index (χ0) is 4.12. The fourth-order valence-electron chi connectivity index (χ4n) is 0.204. The van der Waals surface area contributed by atoms with Crippen molar-refractivity contribution in [2.45, 2.75) is 13.8 Å². The monoisotopic (exact) mass is 128 g/mol. The molecular weight excluding hydrogens is 110 g/mol. The molecule has 0 bridgehead atoms. The van der Waals surface area contributed by atoms with Crippen LogP contribution in [0.25, 0.3) is 0 Å². The van der Waals surface area contributed by atoms with E-state index in [0.29, 0.717) is 0 Å². The van der Waals surface area contributed by atoms with Crippen molar-refractivity contribution in [1.82, 2.24) is 0 Å². The topological polar surface area (TPSA) is 9.23 Å². The van der Waals surface area contributed by atoms with Gasteiger partial charge < -0.3 is 4.74 Å². The summed E-state index contributed by atoms with van der Waals surface area (Å²) in [5, 5.41) is 0. The second kappa shape index (κ2) is 24.8. The van der Waals surface area contributed by atoms with Crippen LogP contribution in [0, 0.1) is 0 Å². The van der Waals surface area contributed by atoms with Gasteiger partial charge in [-0.3, -0.25) is 0 Å². The van der Waals surface area contributed by atoms with Gasteiger partial charge in [-0.15, -0.1) is 0 Å². The summed E-state index contributed by atoms with van der Waals surface area (Å²) in [4.78, 5) is 0. The molecule has 0 aliphatic rings. The minimum atomic E-state index is 0. The molecule has 0 fully saturated rings. The molecule has 0 unspecified atom stereocenters. The van der Waals surface area contributed by atoms with Crippen LogP contribution >= 0.6 is 0 Å². The van der Waals surface area contributed by atoms with Crippen molar-refractivity contribution >= 4 is 39.9 Å². The second-order valence-electron chi connectivity index (χ2n) is 0.781. The summed E-state index contributed by atoms with van der Waals surface area (Å²) >= 11 is 0. The number of hydrogen-bond acceptors (Lipinski definition) is 1. The molecule has 0 rings (SSSR count). The van der Waals surface area contributed by atoms with E-state index in [2.05, 4.69) is 0 Å². The molecule has 0 radical (unpaired) electrons. The fraction of sp³-hybridized carbons (Fsp3) is 1.00. The van der Waals surface area contributed by atoms with E-state index in [4.69, 9.17) is 4.74 Å². The molecule has 0 aromatic carbocycles. The fourth-order valence-corrected chi connectivity index (χ4v) is 0.204. The molecule has 1 nitrogen and oxygen atoms in total. The molecule has 0 saturated carbocycles. The summed E-state index contributed by atoms with van der Waals surface area (Å²) in [5.41, 5.74) is 0. The van der Waals surface area contributed by atoms with Gasteiger partial charge in [-0.2, -0.15) is 0 Å². The summed E-state index contributed by atoms with van der Waals surface area (Å²) in [6, 6.07) is 0. The Morgan fingerprint density at radius 3 is 1.25 bits per heavy atom. The van der Waals surface area contributed by atoms with E-state index in [1.807, 2.05) is 13.8 Å². The van der Waals surface area contributed by atoms with Crippen LogP contribution in [0.4, 0.5) is 0 Å². The molecule has 0 aliphatic heterocycles. The normalized spacial score (nSPS) is 5.25. The summed E-state index contributed by atoms with van der Waals surface area (Å²) in [7, 11) is 0. The van der Waals surface area contributed by atoms with E-state index in [1.54, 1.807) is 0 Å². The number of rotatable bonds is 2. The Balaban J connectivity index is -0.0000000267. The first kappa shape index (κ1) is 23.2. The van der Waals surface area contributed by atoms with Gasteiger partial charge in [0.1, 0.15) is 0 Å². The largest absolute Gasteiger partial charge is 2.00 e. The minimum Gasteiger partial charge on any atom is -0.382 e. The molecule has 0 aromatic heterocycles. The second-order valence-corrected chi connectivity index (χ2v) is 0.781. The SMILES string of the molecule is CCOCC.[BH4-].[BH4-].[Mg+2]. The Hall–Kier alpha value is 0.856. The Labute approximate surface area is 71.9 Å². The zero-order valence-electron chi connectivity index (χ0n) is 4.53. The van der Waals surface area contributed by atoms with Gasteiger partial charge in [-0.25, -0.2) is 0 Å². The molecule has 0 saturated heterocycles. The molecule has 0 aromatic rings. The maximum Gasteiger partial charge on any atom is 2.00 e. The van der Waals surface area contributed by atoms with E-state index in [1.165, 1.54) is 0 Å². The molecule has 0 spiro atoms. The Morgan fingerprint density at radius 1 is 1.00 bits per heavy atom. The van der Waals surface area contributed by atoms with E-state index in [-0.39, 0.29) is 39.9 Å². The smallest absolute Gasteiger partial charge is 0.382 e. The molecule has 0 atom stereocenters. The van der Waals surface area contributed by atoms with E-state index in [9.17, 15) is 0 Å². The van der Waals surface area contributed by atoms with Crippen LogP contribution in [0.3, 0.4) is 0 Å². The van der Waals surface area contributed by atoms with Crippen LogP contribution < -0.4 is 0 Å². The first-order valence-electron chi connectivity index (χ1n) is 1.99. The summed E-state index contributed by atoms with van der Waals surface area (Å²) in [6.45, 7) is 5.67. The third-order valence-corrected chi connectivity index (χ3v) is 0.408. The van der Waals surface area contributed by atoms with Crippen LogP contribution in [0.1, 0.15) is 13.8 Å². The van der Waals surface area contributed by atoms with E-state index >= 15 is 0 Å². The van der Waals surface area contributed by atoms with Crippen molar-refractivity contribution in [3.05, 3.63) is 0 Å². The molecule has 0 heterocycles. The van der Waals surface area contributed by atoms with Gasteiger partial charge in [0.25, 0.3) is 0 Å². The standard InChI is InChI=1S/C4H10O.2BH4.Mg/c1-3-5-4-2;;;/h3-4H2,1-2H3;2*1H4;/q;2*-1;+2.